The molecule has 2 aliphatic heterocycles. The highest BCUT2D eigenvalue weighted by Crippen LogP contribution is 2.42. The van der Waals surface area contributed by atoms with Crippen molar-refractivity contribution in [3.05, 3.63) is 18.0 Å². The summed E-state index contributed by atoms with van der Waals surface area (Å²) in [6.07, 6.45) is 7.73. The number of aliphatic hydroxyl groups is 1. The Morgan fingerprint density at radius 2 is 2.26 bits per heavy atom. The molecule has 0 bridgehead atoms. The third-order valence-corrected chi connectivity index (χ3v) is 4.92. The number of amides is 1. The van der Waals surface area contributed by atoms with Gasteiger partial charge in [-0.15, -0.1) is 0 Å². The SMILES string of the molecule is CCCCC1(O)COC2(CN(C(=O)CCn3cc(C)cn3)C2)C1. The molecule has 3 heterocycles. The van der Waals surface area contributed by atoms with Crippen molar-refractivity contribution >= 4 is 5.91 Å². The van der Waals surface area contributed by atoms with Gasteiger partial charge in [0.2, 0.25) is 5.91 Å². The summed E-state index contributed by atoms with van der Waals surface area (Å²) < 4.78 is 7.68. The minimum absolute atomic E-state index is 0.136. The van der Waals surface area contributed by atoms with Crippen molar-refractivity contribution in [1.29, 1.82) is 0 Å². The molecule has 6 heteroatoms. The van der Waals surface area contributed by atoms with Crippen molar-refractivity contribution in [2.45, 2.75) is 63.7 Å². The van der Waals surface area contributed by atoms with E-state index in [1.165, 1.54) is 0 Å². The second kappa shape index (κ2) is 6.24. The Morgan fingerprint density at radius 1 is 1.48 bits per heavy atom. The summed E-state index contributed by atoms with van der Waals surface area (Å²) in [6, 6.07) is 0. The van der Waals surface area contributed by atoms with Crippen LogP contribution in [0.5, 0.6) is 0 Å². The van der Waals surface area contributed by atoms with E-state index in [0.29, 0.717) is 39.1 Å². The van der Waals surface area contributed by atoms with Crippen molar-refractivity contribution in [2.75, 3.05) is 19.7 Å². The van der Waals surface area contributed by atoms with Crippen LogP contribution in [0, 0.1) is 6.92 Å². The molecule has 2 aliphatic rings. The Balaban J connectivity index is 1.44. The van der Waals surface area contributed by atoms with Gasteiger partial charge in [0.1, 0.15) is 5.60 Å². The summed E-state index contributed by atoms with van der Waals surface area (Å²) >= 11 is 0. The second-order valence-corrected chi connectivity index (χ2v) is 7.26. The van der Waals surface area contributed by atoms with Gasteiger partial charge in [-0.05, 0) is 18.9 Å². The molecule has 23 heavy (non-hydrogen) atoms. The van der Waals surface area contributed by atoms with Crippen LogP contribution in [0.4, 0.5) is 0 Å². The normalized spacial score (nSPS) is 25.8. The van der Waals surface area contributed by atoms with E-state index in [4.69, 9.17) is 4.74 Å². The molecule has 2 saturated heterocycles. The number of hydrogen-bond acceptors (Lipinski definition) is 4. The summed E-state index contributed by atoms with van der Waals surface area (Å²) in [4.78, 5) is 14.1. The largest absolute Gasteiger partial charge is 0.387 e. The number of carbonyl (C=O) groups excluding carboxylic acids is 1. The van der Waals surface area contributed by atoms with E-state index in [9.17, 15) is 9.90 Å². The fourth-order valence-electron chi connectivity index (χ4n) is 3.64. The summed E-state index contributed by atoms with van der Waals surface area (Å²) in [7, 11) is 0. The van der Waals surface area contributed by atoms with E-state index in [-0.39, 0.29) is 11.5 Å². The Bertz CT molecular complexity index is 565. The van der Waals surface area contributed by atoms with Crippen LogP contribution in [0.2, 0.25) is 0 Å². The molecule has 1 amide bonds. The standard InChI is InChI=1S/C17H27N3O3/c1-3-4-6-16(22)10-17(23-13-16)11-19(12-17)15(21)5-7-20-9-14(2)8-18-20/h8-9,22H,3-7,10-13H2,1-2H3. The molecule has 1 aromatic rings. The average molecular weight is 321 g/mol. The molecular formula is C17H27N3O3. The number of ether oxygens (including phenoxy) is 1. The molecule has 0 radical (unpaired) electrons. The number of likely N-dealkylation sites (tertiary alicyclic amines) is 1. The van der Waals surface area contributed by atoms with Crippen LogP contribution < -0.4 is 0 Å². The van der Waals surface area contributed by atoms with Gasteiger partial charge in [0.25, 0.3) is 0 Å². The number of rotatable bonds is 6. The molecule has 1 aromatic heterocycles. The highest BCUT2D eigenvalue weighted by molar-refractivity contribution is 5.77. The molecule has 0 saturated carbocycles. The highest BCUT2D eigenvalue weighted by Gasteiger charge is 2.55. The maximum absolute atomic E-state index is 12.2. The third-order valence-electron chi connectivity index (χ3n) is 4.92. The molecule has 0 aliphatic carbocycles. The molecule has 1 spiro atoms. The fraction of sp³-hybridized carbons (Fsp3) is 0.765. The minimum Gasteiger partial charge on any atom is -0.387 e. The zero-order valence-electron chi connectivity index (χ0n) is 14.1. The number of unbranched alkanes of at least 4 members (excludes halogenated alkanes) is 1. The predicted octanol–water partition coefficient (Wildman–Crippen LogP) is 1.50. The Morgan fingerprint density at radius 3 is 2.91 bits per heavy atom. The molecule has 128 valence electrons. The third kappa shape index (κ3) is 3.58. The van der Waals surface area contributed by atoms with E-state index >= 15 is 0 Å². The van der Waals surface area contributed by atoms with Gasteiger partial charge in [0.05, 0.1) is 31.5 Å². The van der Waals surface area contributed by atoms with Gasteiger partial charge >= 0.3 is 0 Å². The van der Waals surface area contributed by atoms with Crippen molar-refractivity contribution in [2.24, 2.45) is 0 Å². The summed E-state index contributed by atoms with van der Waals surface area (Å²) in [5, 5.41) is 14.8. The van der Waals surface area contributed by atoms with Gasteiger partial charge in [0, 0.05) is 25.6 Å². The second-order valence-electron chi connectivity index (χ2n) is 7.26. The van der Waals surface area contributed by atoms with Crippen LogP contribution in [0.15, 0.2) is 12.4 Å². The lowest BCUT2D eigenvalue weighted by molar-refractivity contribution is -0.158. The average Bonchev–Trinajstić information content (AvgIpc) is 3.05. The van der Waals surface area contributed by atoms with E-state index in [1.807, 2.05) is 18.0 Å². The molecule has 0 aromatic carbocycles. The molecule has 1 atom stereocenters. The van der Waals surface area contributed by atoms with E-state index < -0.39 is 5.60 Å². The number of nitrogens with zero attached hydrogens (tertiary/aromatic N) is 3. The lowest BCUT2D eigenvalue weighted by atomic mass is 9.82. The van der Waals surface area contributed by atoms with Crippen LogP contribution in [0.25, 0.3) is 0 Å². The van der Waals surface area contributed by atoms with Gasteiger partial charge in [-0.1, -0.05) is 19.8 Å². The zero-order chi connectivity index (χ0) is 16.5. The first-order valence-corrected chi connectivity index (χ1v) is 8.57. The van der Waals surface area contributed by atoms with Crippen molar-refractivity contribution < 1.29 is 14.6 Å². The summed E-state index contributed by atoms with van der Waals surface area (Å²) in [6.45, 7) is 6.34. The molecule has 1 N–H and O–H groups in total. The molecular weight excluding hydrogens is 294 g/mol. The van der Waals surface area contributed by atoms with Crippen molar-refractivity contribution in [1.82, 2.24) is 14.7 Å². The summed E-state index contributed by atoms with van der Waals surface area (Å²) in [5.41, 5.74) is 0.101. The first-order valence-electron chi connectivity index (χ1n) is 8.57. The molecule has 1 unspecified atom stereocenters. The lowest BCUT2D eigenvalue weighted by Crippen LogP contribution is -2.63. The van der Waals surface area contributed by atoms with Gasteiger partial charge in [-0.3, -0.25) is 9.48 Å². The Labute approximate surface area is 137 Å². The number of aryl methyl sites for hydroxylation is 2. The van der Waals surface area contributed by atoms with Gasteiger partial charge in [-0.25, -0.2) is 0 Å². The van der Waals surface area contributed by atoms with E-state index in [1.54, 1.807) is 10.9 Å². The number of hydrogen-bond donors (Lipinski definition) is 1. The zero-order valence-corrected chi connectivity index (χ0v) is 14.1. The highest BCUT2D eigenvalue weighted by atomic mass is 16.5. The van der Waals surface area contributed by atoms with Crippen LogP contribution in [-0.4, -0.2) is 56.6 Å². The number of aromatic nitrogens is 2. The Hall–Kier alpha value is -1.40. The maximum Gasteiger partial charge on any atom is 0.224 e. The topological polar surface area (TPSA) is 67.6 Å². The summed E-state index contributed by atoms with van der Waals surface area (Å²) in [5.74, 6) is 0.136. The monoisotopic (exact) mass is 321 g/mol. The van der Waals surface area contributed by atoms with Crippen molar-refractivity contribution in [3.8, 4) is 0 Å². The quantitative estimate of drug-likeness (QED) is 0.862. The van der Waals surface area contributed by atoms with E-state index in [2.05, 4.69) is 12.0 Å². The maximum atomic E-state index is 12.2. The van der Waals surface area contributed by atoms with Crippen LogP contribution >= 0.6 is 0 Å². The fourth-order valence-corrected chi connectivity index (χ4v) is 3.64. The first kappa shape index (κ1) is 16.5. The molecule has 2 fully saturated rings. The smallest absolute Gasteiger partial charge is 0.224 e. The Kier molecular flexibility index (Phi) is 4.47. The minimum atomic E-state index is -0.697. The van der Waals surface area contributed by atoms with Crippen molar-refractivity contribution in [3.63, 3.8) is 0 Å². The van der Waals surface area contributed by atoms with Gasteiger partial charge in [-0.2, -0.15) is 5.10 Å². The lowest BCUT2D eigenvalue weighted by Gasteiger charge is -2.47. The van der Waals surface area contributed by atoms with Gasteiger partial charge < -0.3 is 14.7 Å². The first-order chi connectivity index (χ1) is 10.9. The van der Waals surface area contributed by atoms with Crippen LogP contribution in [-0.2, 0) is 16.1 Å². The molecule has 6 nitrogen and oxygen atoms in total. The van der Waals surface area contributed by atoms with E-state index in [0.717, 1.165) is 24.8 Å². The van der Waals surface area contributed by atoms with Crippen LogP contribution in [0.3, 0.4) is 0 Å². The predicted molar refractivity (Wildman–Crippen MR) is 85.9 cm³/mol. The van der Waals surface area contributed by atoms with Crippen LogP contribution in [0.1, 0.15) is 44.6 Å². The number of carbonyl (C=O) groups is 1. The molecule has 3 rings (SSSR count). The van der Waals surface area contributed by atoms with Gasteiger partial charge in [0.15, 0.2) is 0 Å².